The molecule has 0 unspecified atom stereocenters. The Morgan fingerprint density at radius 3 is 2.60 bits per heavy atom. The van der Waals surface area contributed by atoms with E-state index in [2.05, 4.69) is 0 Å². The topological polar surface area (TPSA) is 48.4 Å². The highest BCUT2D eigenvalue weighted by Gasteiger charge is 2.05. The van der Waals surface area contributed by atoms with Crippen LogP contribution < -0.4 is 10.5 Å². The van der Waals surface area contributed by atoms with E-state index in [1.54, 1.807) is 13.2 Å². The molecule has 0 radical (unpaired) electrons. The summed E-state index contributed by atoms with van der Waals surface area (Å²) >= 11 is 0. The summed E-state index contributed by atoms with van der Waals surface area (Å²) in [6.07, 6.45) is 0. The molecule has 2 aromatic rings. The van der Waals surface area contributed by atoms with E-state index in [0.29, 0.717) is 5.69 Å². The third-order valence-corrected chi connectivity index (χ3v) is 2.19. The van der Waals surface area contributed by atoms with Gasteiger partial charge in [0, 0.05) is 17.3 Å². The minimum absolute atomic E-state index is 0.665. The molecule has 0 aliphatic carbocycles. The molecular weight excluding hydrogens is 190 g/mol. The van der Waals surface area contributed by atoms with Crippen molar-refractivity contribution in [2.75, 3.05) is 12.8 Å². The van der Waals surface area contributed by atoms with Crippen molar-refractivity contribution in [1.29, 1.82) is 0 Å². The number of ether oxygens (including phenoxy) is 1. The Morgan fingerprint density at radius 2 is 2.00 bits per heavy atom. The summed E-state index contributed by atoms with van der Waals surface area (Å²) in [5.74, 6) is 2.42. The van der Waals surface area contributed by atoms with Crippen LogP contribution in [0.4, 0.5) is 5.69 Å². The van der Waals surface area contributed by atoms with Crippen molar-refractivity contribution in [2.24, 2.45) is 0 Å². The first-order chi connectivity index (χ1) is 7.19. The third-order valence-electron chi connectivity index (χ3n) is 2.19. The predicted molar refractivity (Wildman–Crippen MR) is 59.8 cm³/mol. The SMILES string of the molecule is COc1cc(N)cc(-c2ccc(C)o2)c1. The van der Waals surface area contributed by atoms with Crippen LogP contribution in [0.5, 0.6) is 5.75 Å². The number of aryl methyl sites for hydroxylation is 1. The van der Waals surface area contributed by atoms with Gasteiger partial charge in [0.2, 0.25) is 0 Å². The van der Waals surface area contributed by atoms with Crippen LogP contribution in [0.2, 0.25) is 0 Å². The van der Waals surface area contributed by atoms with Gasteiger partial charge in [-0.05, 0) is 31.2 Å². The monoisotopic (exact) mass is 203 g/mol. The minimum atomic E-state index is 0.665. The molecule has 0 bridgehead atoms. The van der Waals surface area contributed by atoms with Crippen molar-refractivity contribution in [3.8, 4) is 17.1 Å². The van der Waals surface area contributed by atoms with Crippen molar-refractivity contribution in [1.82, 2.24) is 0 Å². The molecule has 2 N–H and O–H groups in total. The van der Waals surface area contributed by atoms with Gasteiger partial charge in [0.15, 0.2) is 0 Å². The summed E-state index contributed by atoms with van der Waals surface area (Å²) in [7, 11) is 1.62. The summed E-state index contributed by atoms with van der Waals surface area (Å²) in [4.78, 5) is 0. The fraction of sp³-hybridized carbons (Fsp3) is 0.167. The average molecular weight is 203 g/mol. The lowest BCUT2D eigenvalue weighted by molar-refractivity contribution is 0.415. The van der Waals surface area contributed by atoms with Gasteiger partial charge in [-0.1, -0.05) is 0 Å². The van der Waals surface area contributed by atoms with Gasteiger partial charge in [0.05, 0.1) is 7.11 Å². The molecule has 0 aliphatic rings. The van der Waals surface area contributed by atoms with E-state index >= 15 is 0 Å². The van der Waals surface area contributed by atoms with E-state index in [4.69, 9.17) is 14.9 Å². The molecule has 1 aromatic carbocycles. The molecule has 2 rings (SSSR count). The van der Waals surface area contributed by atoms with Crippen LogP contribution in [-0.2, 0) is 0 Å². The number of anilines is 1. The number of furan rings is 1. The van der Waals surface area contributed by atoms with Crippen LogP contribution in [0.1, 0.15) is 5.76 Å². The first-order valence-corrected chi connectivity index (χ1v) is 4.70. The lowest BCUT2D eigenvalue weighted by Gasteiger charge is -2.04. The highest BCUT2D eigenvalue weighted by molar-refractivity contribution is 5.65. The van der Waals surface area contributed by atoms with Crippen LogP contribution >= 0.6 is 0 Å². The summed E-state index contributed by atoms with van der Waals surface area (Å²) < 4.78 is 10.7. The van der Waals surface area contributed by atoms with Crippen molar-refractivity contribution < 1.29 is 9.15 Å². The Morgan fingerprint density at radius 1 is 1.20 bits per heavy atom. The second-order valence-corrected chi connectivity index (χ2v) is 3.41. The van der Waals surface area contributed by atoms with E-state index in [9.17, 15) is 0 Å². The Balaban J connectivity index is 2.48. The number of nitrogens with two attached hydrogens (primary N) is 1. The standard InChI is InChI=1S/C12H13NO2/c1-8-3-4-12(15-8)9-5-10(13)7-11(6-9)14-2/h3-7H,13H2,1-2H3. The highest BCUT2D eigenvalue weighted by Crippen LogP contribution is 2.28. The summed E-state index contributed by atoms with van der Waals surface area (Å²) in [5, 5.41) is 0. The number of rotatable bonds is 2. The predicted octanol–water partition coefficient (Wildman–Crippen LogP) is 2.85. The molecule has 0 aliphatic heterocycles. The normalized spacial score (nSPS) is 10.3. The summed E-state index contributed by atoms with van der Waals surface area (Å²) in [6.45, 7) is 1.91. The largest absolute Gasteiger partial charge is 0.497 e. The van der Waals surface area contributed by atoms with Gasteiger partial charge in [-0.3, -0.25) is 0 Å². The molecule has 0 fully saturated rings. The van der Waals surface area contributed by atoms with Gasteiger partial charge in [-0.2, -0.15) is 0 Å². The molecule has 1 heterocycles. The number of benzene rings is 1. The van der Waals surface area contributed by atoms with Gasteiger partial charge in [-0.15, -0.1) is 0 Å². The average Bonchev–Trinajstić information content (AvgIpc) is 2.64. The van der Waals surface area contributed by atoms with Crippen molar-refractivity contribution in [3.63, 3.8) is 0 Å². The van der Waals surface area contributed by atoms with Gasteiger partial charge < -0.3 is 14.9 Å². The molecule has 0 atom stereocenters. The lowest BCUT2D eigenvalue weighted by Crippen LogP contribution is -1.89. The van der Waals surface area contributed by atoms with E-state index in [-0.39, 0.29) is 0 Å². The minimum Gasteiger partial charge on any atom is -0.497 e. The van der Waals surface area contributed by atoms with Crippen LogP contribution in [0.3, 0.4) is 0 Å². The van der Waals surface area contributed by atoms with Crippen molar-refractivity contribution in [2.45, 2.75) is 6.92 Å². The fourth-order valence-electron chi connectivity index (χ4n) is 1.47. The Hall–Kier alpha value is -1.90. The number of methoxy groups -OCH3 is 1. The van der Waals surface area contributed by atoms with Crippen molar-refractivity contribution >= 4 is 5.69 Å². The zero-order valence-electron chi connectivity index (χ0n) is 8.78. The van der Waals surface area contributed by atoms with Crippen LogP contribution in [-0.4, -0.2) is 7.11 Å². The molecule has 3 nitrogen and oxygen atoms in total. The van der Waals surface area contributed by atoms with Gasteiger partial charge >= 0.3 is 0 Å². The Bertz CT molecular complexity index is 474. The highest BCUT2D eigenvalue weighted by atomic mass is 16.5. The molecule has 0 saturated carbocycles. The maximum Gasteiger partial charge on any atom is 0.134 e. The van der Waals surface area contributed by atoms with Crippen LogP contribution in [0, 0.1) is 6.92 Å². The molecule has 0 spiro atoms. The van der Waals surface area contributed by atoms with Crippen LogP contribution in [0.15, 0.2) is 34.7 Å². The molecule has 0 saturated heterocycles. The smallest absolute Gasteiger partial charge is 0.134 e. The molecular formula is C12H13NO2. The summed E-state index contributed by atoms with van der Waals surface area (Å²) in [5.41, 5.74) is 7.35. The second kappa shape index (κ2) is 3.69. The van der Waals surface area contributed by atoms with Gasteiger partial charge in [0.1, 0.15) is 17.3 Å². The van der Waals surface area contributed by atoms with E-state index in [0.717, 1.165) is 22.8 Å². The first-order valence-electron chi connectivity index (χ1n) is 4.70. The number of hydrogen-bond acceptors (Lipinski definition) is 3. The van der Waals surface area contributed by atoms with Gasteiger partial charge in [-0.25, -0.2) is 0 Å². The quantitative estimate of drug-likeness (QED) is 0.763. The Kier molecular flexibility index (Phi) is 2.37. The maximum absolute atomic E-state index is 5.76. The van der Waals surface area contributed by atoms with E-state index in [1.807, 2.05) is 31.2 Å². The second-order valence-electron chi connectivity index (χ2n) is 3.41. The zero-order valence-corrected chi connectivity index (χ0v) is 8.78. The molecule has 78 valence electrons. The number of nitrogen functional groups attached to an aromatic ring is 1. The molecule has 15 heavy (non-hydrogen) atoms. The van der Waals surface area contributed by atoms with Crippen LogP contribution in [0.25, 0.3) is 11.3 Å². The third kappa shape index (κ3) is 1.96. The van der Waals surface area contributed by atoms with Crippen molar-refractivity contribution in [3.05, 3.63) is 36.1 Å². The lowest BCUT2D eigenvalue weighted by atomic mass is 10.1. The van der Waals surface area contributed by atoms with E-state index in [1.165, 1.54) is 0 Å². The molecule has 3 heteroatoms. The first kappa shape index (κ1) is 9.65. The molecule has 0 amide bonds. The van der Waals surface area contributed by atoms with Gasteiger partial charge in [0.25, 0.3) is 0 Å². The fourth-order valence-corrected chi connectivity index (χ4v) is 1.47. The maximum atomic E-state index is 5.76. The zero-order chi connectivity index (χ0) is 10.8. The molecule has 1 aromatic heterocycles. The Labute approximate surface area is 88.5 Å². The summed E-state index contributed by atoms with van der Waals surface area (Å²) in [6, 6.07) is 9.38. The van der Waals surface area contributed by atoms with E-state index < -0.39 is 0 Å². The number of hydrogen-bond donors (Lipinski definition) is 1.